The Labute approximate surface area is 351 Å². The fraction of sp³-hybridized carbons (Fsp3) is 0.833. The minimum Gasteiger partial charge on any atom is -0.379 e. The van der Waals surface area contributed by atoms with Crippen LogP contribution in [0.4, 0.5) is 0 Å². The Morgan fingerprint density at radius 3 is 0.717 bits per heavy atom. The lowest BCUT2D eigenvalue weighted by Crippen LogP contribution is -2.34. The number of hydrogen-bond donors (Lipinski definition) is 6. The molecule has 0 bridgehead atoms. The molecular weight excluding hydrogens is 804 g/mol. The van der Waals surface area contributed by atoms with Crippen LogP contribution in [0, 0.1) is 0 Å². The van der Waals surface area contributed by atoms with E-state index in [-0.39, 0.29) is 122 Å². The summed E-state index contributed by atoms with van der Waals surface area (Å²) in [5.74, 6) is -2.53. The molecule has 60 heavy (non-hydrogen) atoms. The average Bonchev–Trinajstić information content (AvgIpc) is 3.21. The molecular formula is C36H68N6O18. The van der Waals surface area contributed by atoms with Gasteiger partial charge in [-0.15, -0.1) is 0 Å². The Balaban J connectivity index is 3.38. The predicted octanol–water partition coefficient (Wildman–Crippen LogP) is -4.73. The zero-order valence-electron chi connectivity index (χ0n) is 34.9. The van der Waals surface area contributed by atoms with E-state index in [4.69, 9.17) is 62.6 Å². The lowest BCUT2D eigenvalue weighted by Gasteiger charge is -2.09. The largest absolute Gasteiger partial charge is 0.379 e. The third kappa shape index (κ3) is 45.4. The summed E-state index contributed by atoms with van der Waals surface area (Å²) in [5.41, 5.74) is 4.90. The van der Waals surface area contributed by atoms with Gasteiger partial charge in [-0.2, -0.15) is 0 Å². The van der Waals surface area contributed by atoms with E-state index in [0.29, 0.717) is 99.0 Å². The van der Waals surface area contributed by atoms with Crippen LogP contribution in [0.2, 0.25) is 0 Å². The Morgan fingerprint density at radius 2 is 0.500 bits per heavy atom. The van der Waals surface area contributed by atoms with Crippen molar-refractivity contribution in [3.63, 3.8) is 0 Å². The highest BCUT2D eigenvalue weighted by Gasteiger charge is 2.07. The van der Waals surface area contributed by atoms with Gasteiger partial charge in [0.05, 0.1) is 112 Å². The maximum absolute atomic E-state index is 11.9. The third-order valence-corrected chi connectivity index (χ3v) is 6.69. The fourth-order valence-electron chi connectivity index (χ4n) is 3.95. The molecule has 0 aromatic rings. The van der Waals surface area contributed by atoms with Crippen LogP contribution < -0.4 is 32.3 Å². The lowest BCUT2D eigenvalue weighted by molar-refractivity contribution is -0.132. The number of primary amides is 1. The molecule has 0 aliphatic heterocycles. The molecule has 7 N–H and O–H groups in total. The van der Waals surface area contributed by atoms with Gasteiger partial charge in [-0.05, 0) is 6.92 Å². The van der Waals surface area contributed by atoms with Crippen LogP contribution in [0.25, 0.3) is 0 Å². The van der Waals surface area contributed by atoms with Gasteiger partial charge in [-0.3, -0.25) is 28.8 Å². The Hall–Kier alpha value is -3.66. The molecule has 0 radical (unpaired) electrons. The van der Waals surface area contributed by atoms with E-state index in [0.717, 1.165) is 0 Å². The summed E-state index contributed by atoms with van der Waals surface area (Å²) in [6.45, 7) is 8.29. The van der Waals surface area contributed by atoms with E-state index in [1.165, 1.54) is 0 Å². The van der Waals surface area contributed by atoms with Gasteiger partial charge < -0.3 is 89.2 Å². The summed E-state index contributed by atoms with van der Waals surface area (Å²) in [5, 5.41) is 13.1. The standard InChI is InChI=1S/C36H68N6O18/c1-2-49-13-14-55-20-15-50-9-4-39-33(45)27-59-28-34(46)40-6-11-53-18-23-57-24-19-54-12-7-42-36(48)30-60-29-35(47)41-5-10-52-17-22-56-21-16-51-8-3-38-32(44)26-58-25-31(37)43/h2-30H2,1H3,(H2,37,43)(H,38,44)(H,39,45)(H,40,46)(H,41,47)(H,42,48). The van der Waals surface area contributed by atoms with Crippen molar-refractivity contribution in [3.05, 3.63) is 0 Å². The number of nitrogens with one attached hydrogen (secondary N) is 5. The average molecular weight is 873 g/mol. The van der Waals surface area contributed by atoms with E-state index >= 15 is 0 Å². The number of nitrogens with two attached hydrogens (primary N) is 1. The van der Waals surface area contributed by atoms with Crippen LogP contribution in [-0.4, -0.2) is 227 Å². The van der Waals surface area contributed by atoms with Gasteiger partial charge in [-0.1, -0.05) is 0 Å². The SMILES string of the molecule is CCOCCOCCOCCNC(=O)COCC(=O)NCCOCCOCCOCCNC(=O)COCC(=O)NCCOCCOCCOCCNC(=O)COCC(N)=O. The molecule has 0 fully saturated rings. The van der Waals surface area contributed by atoms with Gasteiger partial charge in [0.2, 0.25) is 35.4 Å². The van der Waals surface area contributed by atoms with Crippen molar-refractivity contribution in [3.8, 4) is 0 Å². The minimum atomic E-state index is -0.650. The van der Waals surface area contributed by atoms with Gasteiger partial charge in [-0.25, -0.2) is 0 Å². The first kappa shape index (κ1) is 56.3. The zero-order valence-corrected chi connectivity index (χ0v) is 34.9. The summed E-state index contributed by atoms with van der Waals surface area (Å²) in [6, 6.07) is 0. The van der Waals surface area contributed by atoms with Crippen molar-refractivity contribution in [1.82, 2.24) is 26.6 Å². The first-order chi connectivity index (χ1) is 29.2. The molecule has 0 saturated carbocycles. The highest BCUT2D eigenvalue weighted by atomic mass is 16.6. The second-order valence-electron chi connectivity index (χ2n) is 11.8. The van der Waals surface area contributed by atoms with Crippen molar-refractivity contribution in [1.29, 1.82) is 0 Å². The first-order valence-corrected chi connectivity index (χ1v) is 19.8. The van der Waals surface area contributed by atoms with Crippen LogP contribution in [-0.2, 0) is 85.6 Å². The molecule has 0 aromatic heterocycles. The summed E-state index contributed by atoms with van der Waals surface area (Å²) < 4.78 is 63.0. The van der Waals surface area contributed by atoms with Crippen molar-refractivity contribution in [2.24, 2.45) is 5.73 Å². The molecule has 24 heteroatoms. The van der Waals surface area contributed by atoms with Crippen LogP contribution in [0.5, 0.6) is 0 Å². The smallest absolute Gasteiger partial charge is 0.246 e. The molecule has 0 unspecified atom stereocenters. The van der Waals surface area contributed by atoms with Crippen LogP contribution in [0.1, 0.15) is 6.92 Å². The quantitative estimate of drug-likeness (QED) is 0.0313. The van der Waals surface area contributed by atoms with Crippen molar-refractivity contribution < 1.29 is 85.6 Å². The molecule has 0 rings (SSSR count). The lowest BCUT2D eigenvalue weighted by atomic mass is 10.5. The monoisotopic (exact) mass is 872 g/mol. The van der Waals surface area contributed by atoms with E-state index < -0.39 is 5.91 Å². The van der Waals surface area contributed by atoms with Crippen molar-refractivity contribution in [2.75, 3.05) is 191 Å². The molecule has 0 saturated heterocycles. The molecule has 6 amide bonds. The van der Waals surface area contributed by atoms with Gasteiger partial charge in [0.1, 0.15) is 39.6 Å². The van der Waals surface area contributed by atoms with Crippen molar-refractivity contribution in [2.45, 2.75) is 6.92 Å². The fourth-order valence-corrected chi connectivity index (χ4v) is 3.95. The number of carbonyl (C=O) groups excluding carboxylic acids is 6. The molecule has 0 atom stereocenters. The van der Waals surface area contributed by atoms with E-state index in [1.54, 1.807) is 0 Å². The molecule has 350 valence electrons. The molecule has 0 aromatic carbocycles. The Morgan fingerprint density at radius 1 is 0.300 bits per heavy atom. The van der Waals surface area contributed by atoms with E-state index in [9.17, 15) is 28.8 Å². The Bertz CT molecular complexity index is 1100. The summed E-state index contributed by atoms with van der Waals surface area (Å²) >= 11 is 0. The van der Waals surface area contributed by atoms with E-state index in [2.05, 4.69) is 26.6 Å². The molecule has 0 aliphatic carbocycles. The number of rotatable bonds is 46. The molecule has 24 nitrogen and oxygen atoms in total. The van der Waals surface area contributed by atoms with Crippen molar-refractivity contribution >= 4 is 35.4 Å². The normalized spacial score (nSPS) is 10.9. The molecule has 0 heterocycles. The minimum absolute atomic E-state index is 0.244. The summed E-state index contributed by atoms with van der Waals surface area (Å²) in [6.07, 6.45) is 0. The third-order valence-electron chi connectivity index (χ3n) is 6.69. The first-order valence-electron chi connectivity index (χ1n) is 19.8. The molecule has 0 spiro atoms. The van der Waals surface area contributed by atoms with E-state index in [1.807, 2.05) is 6.92 Å². The highest BCUT2D eigenvalue weighted by Crippen LogP contribution is 1.86. The Kier molecular flexibility index (Phi) is 42.1. The number of hydrogen-bond acceptors (Lipinski definition) is 18. The topological polar surface area (TPSA) is 299 Å². The number of carbonyl (C=O) groups is 6. The number of ether oxygens (including phenoxy) is 12. The highest BCUT2D eigenvalue weighted by molar-refractivity contribution is 5.80. The van der Waals surface area contributed by atoms with Crippen LogP contribution >= 0.6 is 0 Å². The second kappa shape index (κ2) is 44.9. The van der Waals surface area contributed by atoms with Gasteiger partial charge in [0.25, 0.3) is 0 Å². The maximum atomic E-state index is 11.9. The zero-order chi connectivity index (χ0) is 44.0. The van der Waals surface area contributed by atoms with Gasteiger partial charge in [0.15, 0.2) is 0 Å². The predicted molar refractivity (Wildman–Crippen MR) is 210 cm³/mol. The number of amides is 6. The summed E-state index contributed by atoms with van der Waals surface area (Å²) in [7, 11) is 0. The summed E-state index contributed by atoms with van der Waals surface area (Å²) in [4.78, 5) is 69.2. The van der Waals surface area contributed by atoms with Gasteiger partial charge >= 0.3 is 0 Å². The van der Waals surface area contributed by atoms with Gasteiger partial charge in [0, 0.05) is 39.3 Å². The van der Waals surface area contributed by atoms with Crippen LogP contribution in [0.15, 0.2) is 0 Å². The second-order valence-corrected chi connectivity index (χ2v) is 11.8. The molecule has 0 aliphatic rings. The van der Waals surface area contributed by atoms with Crippen LogP contribution in [0.3, 0.4) is 0 Å². The maximum Gasteiger partial charge on any atom is 0.246 e.